The van der Waals surface area contributed by atoms with Crippen LogP contribution in [-0.2, 0) is 6.61 Å². The van der Waals surface area contributed by atoms with Crippen molar-refractivity contribution in [2.75, 3.05) is 0 Å². The Hall–Kier alpha value is -2.81. The number of benzene rings is 1. The summed E-state index contributed by atoms with van der Waals surface area (Å²) in [7, 11) is 0. The Morgan fingerprint density at radius 3 is 2.56 bits per heavy atom. The van der Waals surface area contributed by atoms with E-state index in [1.54, 1.807) is 24.3 Å². The number of hydrogen-bond donors (Lipinski definition) is 0. The molecule has 0 bridgehead atoms. The van der Waals surface area contributed by atoms with Crippen LogP contribution in [0.2, 0.25) is 0 Å². The van der Waals surface area contributed by atoms with Gasteiger partial charge in [-0.25, -0.2) is 0 Å². The zero-order chi connectivity index (χ0) is 13.0. The van der Waals surface area contributed by atoms with Crippen LogP contribution in [0.1, 0.15) is 11.3 Å². The van der Waals surface area contributed by atoms with Crippen LogP contribution < -0.4 is 4.74 Å². The maximum absolute atomic E-state index is 10.4. The highest BCUT2D eigenvalue weighted by molar-refractivity contribution is 5.34. The Balaban J connectivity index is 1.98. The average Bonchev–Trinajstić information content (AvgIpc) is 2.86. The molecule has 0 saturated carbocycles. The molecule has 0 unspecified atom stereocenters. The van der Waals surface area contributed by atoms with Gasteiger partial charge in [0, 0.05) is 0 Å². The first-order chi connectivity index (χ1) is 8.69. The van der Waals surface area contributed by atoms with E-state index in [4.69, 9.17) is 14.4 Å². The van der Waals surface area contributed by atoms with Gasteiger partial charge in [-0.3, -0.25) is 10.1 Å². The molecule has 0 fully saturated rings. The molecule has 0 radical (unpaired) electrons. The monoisotopic (exact) mass is 244 g/mol. The van der Waals surface area contributed by atoms with E-state index < -0.39 is 4.92 Å². The summed E-state index contributed by atoms with van der Waals surface area (Å²) in [6, 6.07) is 11.3. The lowest BCUT2D eigenvalue weighted by Gasteiger charge is -2.03. The van der Waals surface area contributed by atoms with Crippen LogP contribution in [0, 0.1) is 21.4 Å². The molecule has 0 aliphatic heterocycles. The first-order valence-electron chi connectivity index (χ1n) is 5.05. The van der Waals surface area contributed by atoms with Crippen molar-refractivity contribution in [3.8, 4) is 11.8 Å². The molecule has 6 nitrogen and oxygen atoms in total. The fraction of sp³-hybridized carbons (Fsp3) is 0.0833. The van der Waals surface area contributed by atoms with E-state index in [-0.39, 0.29) is 12.5 Å². The molecule has 2 aromatic rings. The van der Waals surface area contributed by atoms with Crippen LogP contribution >= 0.6 is 0 Å². The number of nitriles is 1. The Kier molecular flexibility index (Phi) is 3.25. The van der Waals surface area contributed by atoms with Crippen LogP contribution in [0.15, 0.2) is 40.8 Å². The predicted octanol–water partition coefficient (Wildman–Crippen LogP) is 2.64. The summed E-state index contributed by atoms with van der Waals surface area (Å²) in [5, 5.41) is 19.0. The second kappa shape index (κ2) is 5.01. The molecular weight excluding hydrogens is 236 g/mol. The van der Waals surface area contributed by atoms with Crippen molar-refractivity contribution < 1.29 is 14.1 Å². The van der Waals surface area contributed by atoms with Crippen molar-refractivity contribution in [1.29, 1.82) is 5.26 Å². The van der Waals surface area contributed by atoms with E-state index in [1.807, 2.05) is 6.07 Å². The number of ether oxygens (including phenoxy) is 1. The third kappa shape index (κ3) is 2.65. The molecule has 0 atom stereocenters. The van der Waals surface area contributed by atoms with Gasteiger partial charge in [-0.15, -0.1) is 0 Å². The van der Waals surface area contributed by atoms with E-state index in [0.717, 1.165) is 0 Å². The SMILES string of the molecule is N#Cc1ccc(OCc2ccc([N+](=O)[O-])o2)cc1. The summed E-state index contributed by atoms with van der Waals surface area (Å²) in [4.78, 5) is 9.79. The summed E-state index contributed by atoms with van der Waals surface area (Å²) < 4.78 is 10.3. The molecule has 1 aromatic carbocycles. The smallest absolute Gasteiger partial charge is 0.433 e. The van der Waals surface area contributed by atoms with Gasteiger partial charge in [0.15, 0.2) is 0 Å². The minimum Gasteiger partial charge on any atom is -0.486 e. The third-order valence-corrected chi connectivity index (χ3v) is 2.19. The zero-order valence-electron chi connectivity index (χ0n) is 9.20. The van der Waals surface area contributed by atoms with Crippen molar-refractivity contribution in [3.63, 3.8) is 0 Å². The Bertz CT molecular complexity index is 595. The van der Waals surface area contributed by atoms with Gasteiger partial charge < -0.3 is 9.15 Å². The molecule has 0 aliphatic rings. The second-order valence-electron chi connectivity index (χ2n) is 3.42. The Morgan fingerprint density at radius 1 is 1.28 bits per heavy atom. The number of hydrogen-bond acceptors (Lipinski definition) is 5. The average molecular weight is 244 g/mol. The summed E-state index contributed by atoms with van der Waals surface area (Å²) in [5.41, 5.74) is 0.538. The highest BCUT2D eigenvalue weighted by atomic mass is 16.6. The fourth-order valence-electron chi connectivity index (χ4n) is 1.32. The molecule has 0 amide bonds. The Morgan fingerprint density at radius 2 is 2.00 bits per heavy atom. The molecule has 2 rings (SSSR count). The summed E-state index contributed by atoms with van der Waals surface area (Å²) in [5.74, 6) is 0.618. The summed E-state index contributed by atoms with van der Waals surface area (Å²) in [6.07, 6.45) is 0. The largest absolute Gasteiger partial charge is 0.486 e. The first-order valence-corrected chi connectivity index (χ1v) is 5.05. The third-order valence-electron chi connectivity index (χ3n) is 2.19. The predicted molar refractivity (Wildman–Crippen MR) is 60.9 cm³/mol. The van der Waals surface area contributed by atoms with Crippen LogP contribution in [-0.4, -0.2) is 4.92 Å². The topological polar surface area (TPSA) is 89.3 Å². The highest BCUT2D eigenvalue weighted by Crippen LogP contribution is 2.18. The van der Waals surface area contributed by atoms with E-state index in [9.17, 15) is 10.1 Å². The van der Waals surface area contributed by atoms with Gasteiger partial charge in [0.2, 0.25) is 0 Å². The molecule has 0 spiro atoms. The number of rotatable bonds is 4. The van der Waals surface area contributed by atoms with E-state index in [2.05, 4.69) is 0 Å². The lowest BCUT2D eigenvalue weighted by molar-refractivity contribution is -0.402. The molecular formula is C12H8N2O4. The summed E-state index contributed by atoms with van der Waals surface area (Å²) in [6.45, 7) is 0.0970. The maximum atomic E-state index is 10.4. The fourth-order valence-corrected chi connectivity index (χ4v) is 1.32. The van der Waals surface area contributed by atoms with Crippen molar-refractivity contribution in [3.05, 3.63) is 57.8 Å². The standard InChI is InChI=1S/C12H8N2O4/c13-7-9-1-3-10(4-2-9)17-8-11-5-6-12(18-11)14(15)16/h1-6H,8H2. The van der Waals surface area contributed by atoms with Gasteiger partial charge in [-0.1, -0.05) is 0 Å². The number of nitro groups is 1. The van der Waals surface area contributed by atoms with E-state index in [0.29, 0.717) is 17.1 Å². The van der Waals surface area contributed by atoms with Crippen molar-refractivity contribution in [2.24, 2.45) is 0 Å². The minimum absolute atomic E-state index is 0.0970. The van der Waals surface area contributed by atoms with Gasteiger partial charge in [-0.05, 0) is 30.3 Å². The van der Waals surface area contributed by atoms with Crippen molar-refractivity contribution in [1.82, 2.24) is 0 Å². The molecule has 0 aliphatic carbocycles. The zero-order valence-corrected chi connectivity index (χ0v) is 9.20. The van der Waals surface area contributed by atoms with Gasteiger partial charge >= 0.3 is 5.88 Å². The van der Waals surface area contributed by atoms with Crippen LogP contribution in [0.5, 0.6) is 5.75 Å². The van der Waals surface area contributed by atoms with Gasteiger partial charge in [0.05, 0.1) is 17.7 Å². The molecule has 18 heavy (non-hydrogen) atoms. The van der Waals surface area contributed by atoms with Crippen molar-refractivity contribution >= 4 is 5.88 Å². The molecule has 90 valence electrons. The second-order valence-corrected chi connectivity index (χ2v) is 3.42. The van der Waals surface area contributed by atoms with Crippen LogP contribution in [0.25, 0.3) is 0 Å². The lowest BCUT2D eigenvalue weighted by Crippen LogP contribution is -1.93. The molecule has 0 N–H and O–H groups in total. The van der Waals surface area contributed by atoms with Gasteiger partial charge in [0.1, 0.15) is 23.0 Å². The summed E-state index contributed by atoms with van der Waals surface area (Å²) >= 11 is 0. The van der Waals surface area contributed by atoms with Crippen LogP contribution in [0.3, 0.4) is 0 Å². The number of furan rings is 1. The minimum atomic E-state index is -0.606. The van der Waals surface area contributed by atoms with Gasteiger partial charge in [-0.2, -0.15) is 5.26 Å². The molecule has 0 saturated heterocycles. The first kappa shape index (κ1) is 11.7. The normalized spacial score (nSPS) is 9.72. The lowest BCUT2D eigenvalue weighted by atomic mass is 10.2. The van der Waals surface area contributed by atoms with Crippen molar-refractivity contribution in [2.45, 2.75) is 6.61 Å². The van der Waals surface area contributed by atoms with Gasteiger partial charge in [0.25, 0.3) is 0 Å². The van der Waals surface area contributed by atoms with Crippen LogP contribution in [0.4, 0.5) is 5.88 Å². The molecule has 1 heterocycles. The maximum Gasteiger partial charge on any atom is 0.433 e. The quantitative estimate of drug-likeness (QED) is 0.609. The molecule has 1 aromatic heterocycles. The number of nitrogens with zero attached hydrogens (tertiary/aromatic N) is 2. The Labute approximate surface area is 102 Å². The van der Waals surface area contributed by atoms with E-state index in [1.165, 1.54) is 12.1 Å². The highest BCUT2D eigenvalue weighted by Gasteiger charge is 2.11. The van der Waals surface area contributed by atoms with E-state index >= 15 is 0 Å². The molecule has 6 heteroatoms.